The monoisotopic (exact) mass is 216 g/mol. The molecule has 14 heavy (non-hydrogen) atoms. The van der Waals surface area contributed by atoms with Gasteiger partial charge in [-0.3, -0.25) is 0 Å². The second-order valence-electron chi connectivity index (χ2n) is 2.88. The van der Waals surface area contributed by atoms with Crippen molar-refractivity contribution in [1.82, 2.24) is 9.97 Å². The topological polar surface area (TPSA) is 84.1 Å². The van der Waals surface area contributed by atoms with Crippen LogP contribution in [0.1, 0.15) is 13.3 Å². The number of aliphatic hydroxyl groups is 1. The summed E-state index contributed by atoms with van der Waals surface area (Å²) in [7, 11) is 0. The van der Waals surface area contributed by atoms with Gasteiger partial charge in [-0.25, -0.2) is 4.98 Å². The van der Waals surface area contributed by atoms with E-state index < -0.39 is 6.10 Å². The molecule has 0 saturated carbocycles. The van der Waals surface area contributed by atoms with Gasteiger partial charge in [0, 0.05) is 12.6 Å². The average Bonchev–Trinajstić information content (AvgIpc) is 2.12. The first-order valence-corrected chi connectivity index (χ1v) is 4.71. The van der Waals surface area contributed by atoms with Crippen LogP contribution in [0.25, 0.3) is 0 Å². The van der Waals surface area contributed by atoms with Crippen molar-refractivity contribution in [3.63, 3.8) is 0 Å². The van der Waals surface area contributed by atoms with Gasteiger partial charge in [0.15, 0.2) is 0 Å². The van der Waals surface area contributed by atoms with E-state index >= 15 is 0 Å². The summed E-state index contributed by atoms with van der Waals surface area (Å²) in [6, 6.07) is 1.56. The molecule has 0 bridgehead atoms. The molecular formula is C8H13ClN4O. The third-order valence-corrected chi connectivity index (χ3v) is 1.90. The molecule has 1 atom stereocenters. The highest BCUT2D eigenvalue weighted by molar-refractivity contribution is 6.29. The third-order valence-electron chi connectivity index (χ3n) is 1.70. The molecule has 4 N–H and O–H groups in total. The SMILES string of the molecule is CCC(O)CNc1cc(Cl)nc(N)n1. The summed E-state index contributed by atoms with van der Waals surface area (Å²) in [4.78, 5) is 7.61. The zero-order valence-corrected chi connectivity index (χ0v) is 8.62. The lowest BCUT2D eigenvalue weighted by molar-refractivity contribution is 0.183. The number of hydrogen-bond acceptors (Lipinski definition) is 5. The molecule has 5 nitrogen and oxygen atoms in total. The van der Waals surface area contributed by atoms with Crippen LogP contribution < -0.4 is 11.1 Å². The Morgan fingerprint density at radius 2 is 2.36 bits per heavy atom. The second kappa shape index (κ2) is 4.97. The van der Waals surface area contributed by atoms with Gasteiger partial charge in [0.05, 0.1) is 6.10 Å². The highest BCUT2D eigenvalue weighted by atomic mass is 35.5. The number of aromatic nitrogens is 2. The van der Waals surface area contributed by atoms with Crippen LogP contribution in [0.2, 0.25) is 5.15 Å². The van der Waals surface area contributed by atoms with Crippen LogP contribution in [-0.4, -0.2) is 27.7 Å². The Kier molecular flexibility index (Phi) is 3.91. The molecule has 0 saturated heterocycles. The summed E-state index contributed by atoms with van der Waals surface area (Å²) in [6.45, 7) is 2.32. The van der Waals surface area contributed by atoms with Crippen molar-refractivity contribution in [3.8, 4) is 0 Å². The number of nitrogens with zero attached hydrogens (tertiary/aromatic N) is 2. The maximum absolute atomic E-state index is 9.29. The fourth-order valence-electron chi connectivity index (χ4n) is 0.892. The Labute approximate surface area is 87.3 Å². The highest BCUT2D eigenvalue weighted by Crippen LogP contribution is 2.12. The fraction of sp³-hybridized carbons (Fsp3) is 0.500. The number of nitrogens with two attached hydrogens (primary N) is 1. The molecule has 1 unspecified atom stereocenters. The lowest BCUT2D eigenvalue weighted by Gasteiger charge is -2.09. The molecule has 0 aliphatic heterocycles. The minimum atomic E-state index is -0.398. The number of nitrogen functional groups attached to an aromatic ring is 1. The van der Waals surface area contributed by atoms with Crippen LogP contribution >= 0.6 is 11.6 Å². The van der Waals surface area contributed by atoms with E-state index in [9.17, 15) is 5.11 Å². The van der Waals surface area contributed by atoms with E-state index in [2.05, 4.69) is 15.3 Å². The predicted molar refractivity (Wildman–Crippen MR) is 56.2 cm³/mol. The van der Waals surface area contributed by atoms with E-state index in [0.717, 1.165) is 0 Å². The molecule has 0 spiro atoms. The van der Waals surface area contributed by atoms with Gasteiger partial charge < -0.3 is 16.2 Å². The Morgan fingerprint density at radius 1 is 1.64 bits per heavy atom. The molecule has 78 valence electrons. The molecule has 0 aliphatic carbocycles. The fourth-order valence-corrected chi connectivity index (χ4v) is 1.08. The Balaban J connectivity index is 2.58. The number of nitrogens with one attached hydrogen (secondary N) is 1. The van der Waals surface area contributed by atoms with Gasteiger partial charge in [0.2, 0.25) is 5.95 Å². The van der Waals surface area contributed by atoms with E-state index in [1.807, 2.05) is 6.92 Å². The molecule has 0 aromatic carbocycles. The standard InChI is InChI=1S/C8H13ClN4O/c1-2-5(14)4-11-7-3-6(9)12-8(10)13-7/h3,5,14H,2,4H2,1H3,(H3,10,11,12,13). The summed E-state index contributed by atoms with van der Waals surface area (Å²) in [5.74, 6) is 0.640. The maximum Gasteiger partial charge on any atom is 0.223 e. The summed E-state index contributed by atoms with van der Waals surface area (Å²) in [5.41, 5.74) is 5.39. The van der Waals surface area contributed by atoms with Crippen molar-refractivity contribution >= 4 is 23.4 Å². The molecule has 0 amide bonds. The van der Waals surface area contributed by atoms with Gasteiger partial charge in [-0.1, -0.05) is 18.5 Å². The number of rotatable bonds is 4. The first kappa shape index (κ1) is 11.0. The average molecular weight is 217 g/mol. The number of aliphatic hydroxyl groups excluding tert-OH is 1. The van der Waals surface area contributed by atoms with Crippen molar-refractivity contribution in [3.05, 3.63) is 11.2 Å². The molecule has 0 fully saturated rings. The minimum absolute atomic E-state index is 0.117. The van der Waals surface area contributed by atoms with Crippen LogP contribution in [0.5, 0.6) is 0 Å². The second-order valence-corrected chi connectivity index (χ2v) is 3.26. The van der Waals surface area contributed by atoms with Crippen LogP contribution in [-0.2, 0) is 0 Å². The molecule has 1 rings (SSSR count). The quantitative estimate of drug-likeness (QED) is 0.652. The van der Waals surface area contributed by atoms with E-state index in [4.69, 9.17) is 17.3 Å². The summed E-state index contributed by atoms with van der Waals surface area (Å²) >= 11 is 5.67. The van der Waals surface area contributed by atoms with E-state index in [-0.39, 0.29) is 11.1 Å². The van der Waals surface area contributed by atoms with Crippen molar-refractivity contribution in [2.75, 3.05) is 17.6 Å². The van der Waals surface area contributed by atoms with Gasteiger partial charge in [0.1, 0.15) is 11.0 Å². The van der Waals surface area contributed by atoms with Crippen LogP contribution in [0, 0.1) is 0 Å². The Hall–Kier alpha value is -1.07. The molecule has 1 heterocycles. The molecule has 0 aliphatic rings. The van der Waals surface area contributed by atoms with Crippen molar-refractivity contribution < 1.29 is 5.11 Å². The van der Waals surface area contributed by atoms with Gasteiger partial charge in [-0.2, -0.15) is 4.98 Å². The van der Waals surface area contributed by atoms with Gasteiger partial charge in [0.25, 0.3) is 0 Å². The van der Waals surface area contributed by atoms with E-state index in [1.54, 1.807) is 6.07 Å². The summed E-state index contributed by atoms with van der Waals surface area (Å²) < 4.78 is 0. The minimum Gasteiger partial charge on any atom is -0.391 e. The zero-order valence-electron chi connectivity index (χ0n) is 7.87. The third kappa shape index (κ3) is 3.35. The normalized spacial score (nSPS) is 12.5. The molecule has 0 radical (unpaired) electrons. The number of halogens is 1. The largest absolute Gasteiger partial charge is 0.391 e. The smallest absolute Gasteiger partial charge is 0.223 e. The van der Waals surface area contributed by atoms with Crippen LogP contribution in [0.15, 0.2) is 6.07 Å². The lowest BCUT2D eigenvalue weighted by atomic mass is 10.3. The molecule has 1 aromatic heterocycles. The highest BCUT2D eigenvalue weighted by Gasteiger charge is 2.03. The maximum atomic E-state index is 9.29. The predicted octanol–water partition coefficient (Wildman–Crippen LogP) is 0.895. The van der Waals surface area contributed by atoms with Gasteiger partial charge in [-0.05, 0) is 6.42 Å². The summed E-state index contributed by atoms with van der Waals surface area (Å²) in [5, 5.41) is 12.5. The van der Waals surface area contributed by atoms with Crippen LogP contribution in [0.4, 0.5) is 11.8 Å². The van der Waals surface area contributed by atoms with Gasteiger partial charge >= 0.3 is 0 Å². The molecule has 1 aromatic rings. The van der Waals surface area contributed by atoms with E-state index in [0.29, 0.717) is 18.8 Å². The van der Waals surface area contributed by atoms with Crippen LogP contribution in [0.3, 0.4) is 0 Å². The van der Waals surface area contributed by atoms with E-state index in [1.165, 1.54) is 0 Å². The number of anilines is 2. The van der Waals surface area contributed by atoms with Crippen molar-refractivity contribution in [1.29, 1.82) is 0 Å². The Bertz CT molecular complexity index is 287. The number of hydrogen-bond donors (Lipinski definition) is 3. The Morgan fingerprint density at radius 3 is 2.93 bits per heavy atom. The van der Waals surface area contributed by atoms with Crippen molar-refractivity contribution in [2.45, 2.75) is 19.4 Å². The first-order chi connectivity index (χ1) is 6.61. The molecular weight excluding hydrogens is 204 g/mol. The van der Waals surface area contributed by atoms with Gasteiger partial charge in [-0.15, -0.1) is 0 Å². The van der Waals surface area contributed by atoms with Crippen molar-refractivity contribution in [2.24, 2.45) is 0 Å². The zero-order chi connectivity index (χ0) is 10.6. The lowest BCUT2D eigenvalue weighted by Crippen LogP contribution is -2.19. The molecule has 6 heteroatoms. The summed E-state index contributed by atoms with van der Waals surface area (Å²) in [6.07, 6.45) is 0.284. The first-order valence-electron chi connectivity index (χ1n) is 4.33.